The highest BCUT2D eigenvalue weighted by atomic mass is 16.2. The zero-order valence-corrected chi connectivity index (χ0v) is 19.8. The maximum Gasteiger partial charge on any atom is 0.223 e. The molecule has 0 aromatic carbocycles. The maximum absolute atomic E-state index is 12.8. The van der Waals surface area contributed by atoms with Gasteiger partial charge in [0.1, 0.15) is 11.6 Å². The van der Waals surface area contributed by atoms with Gasteiger partial charge in [-0.15, -0.1) is 15.3 Å². The molecule has 2 saturated heterocycles. The first-order valence-electron chi connectivity index (χ1n) is 12.3. The lowest BCUT2D eigenvalue weighted by Gasteiger charge is -2.35. The van der Waals surface area contributed by atoms with Crippen molar-refractivity contribution in [2.24, 2.45) is 0 Å². The number of nitrogens with zero attached hydrogens (tertiary/aromatic N) is 8. The van der Waals surface area contributed by atoms with E-state index in [-0.39, 0.29) is 11.8 Å². The number of hydrogen-bond acceptors (Lipinski definition) is 8. The van der Waals surface area contributed by atoms with Crippen molar-refractivity contribution in [3.8, 4) is 0 Å². The van der Waals surface area contributed by atoms with E-state index in [0.717, 1.165) is 57.2 Å². The van der Waals surface area contributed by atoms with Crippen molar-refractivity contribution in [3.63, 3.8) is 0 Å². The Morgan fingerprint density at radius 2 is 1.91 bits per heavy atom. The van der Waals surface area contributed by atoms with E-state index in [4.69, 9.17) is 0 Å². The van der Waals surface area contributed by atoms with E-state index in [9.17, 15) is 9.59 Å². The molecule has 3 aromatic rings. The molecule has 0 radical (unpaired) electrons. The Labute approximate surface area is 204 Å². The number of piperazine rings is 1. The van der Waals surface area contributed by atoms with Crippen LogP contribution in [0, 0.1) is 0 Å². The summed E-state index contributed by atoms with van der Waals surface area (Å²) in [6.07, 6.45) is 5.14. The van der Waals surface area contributed by atoms with Crippen molar-refractivity contribution in [2.75, 3.05) is 56.0 Å². The predicted octanol–water partition coefficient (Wildman–Crippen LogP) is 1.23. The van der Waals surface area contributed by atoms with Crippen LogP contribution in [-0.4, -0.2) is 92.2 Å². The number of hydrogen-bond donors (Lipinski definition) is 1. The van der Waals surface area contributed by atoms with Gasteiger partial charge in [-0.25, -0.2) is 4.98 Å². The van der Waals surface area contributed by atoms with Crippen molar-refractivity contribution < 1.29 is 9.59 Å². The third-order valence-corrected chi connectivity index (χ3v) is 6.58. The van der Waals surface area contributed by atoms with Gasteiger partial charge in [0.15, 0.2) is 11.5 Å². The van der Waals surface area contributed by atoms with E-state index in [1.807, 2.05) is 40.1 Å². The molecule has 0 spiro atoms. The minimum atomic E-state index is 0.119. The first kappa shape index (κ1) is 23.0. The summed E-state index contributed by atoms with van der Waals surface area (Å²) in [6.45, 7) is 5.29. The highest BCUT2D eigenvalue weighted by Crippen LogP contribution is 2.15. The van der Waals surface area contributed by atoms with Crippen LogP contribution in [0.4, 0.5) is 11.6 Å². The minimum Gasteiger partial charge on any atom is -0.369 e. The number of rotatable bonds is 9. The number of amides is 2. The lowest BCUT2D eigenvalue weighted by atomic mass is 10.2. The lowest BCUT2D eigenvalue weighted by molar-refractivity contribution is -0.131. The summed E-state index contributed by atoms with van der Waals surface area (Å²) in [6, 6.07) is 9.63. The maximum atomic E-state index is 12.8. The molecule has 184 valence electrons. The standard InChI is InChI=1S/C24H31N9O2/c34-23-6-3-13-31(23)14-4-12-25-19-7-8-21-27-28-22(33(21)29-19)9-10-24(35)32-17-15-30(16-18-32)20-5-1-2-11-26-20/h1-2,5,7-8,11H,3-4,6,9-10,12-18H2,(H,25,29). The Morgan fingerprint density at radius 1 is 1.03 bits per heavy atom. The third kappa shape index (κ3) is 5.50. The second-order valence-corrected chi connectivity index (χ2v) is 8.93. The zero-order chi connectivity index (χ0) is 24.0. The number of carbonyl (C=O) groups is 2. The Hall–Kier alpha value is -3.76. The highest BCUT2D eigenvalue weighted by Gasteiger charge is 2.22. The fraction of sp³-hybridized carbons (Fsp3) is 0.500. The number of aryl methyl sites for hydroxylation is 1. The molecule has 11 heteroatoms. The number of carbonyl (C=O) groups excluding carboxylic acids is 2. The first-order valence-corrected chi connectivity index (χ1v) is 12.3. The van der Waals surface area contributed by atoms with Gasteiger partial charge in [-0.3, -0.25) is 9.59 Å². The number of nitrogens with one attached hydrogen (secondary N) is 1. The molecule has 0 atom stereocenters. The Morgan fingerprint density at radius 3 is 2.69 bits per heavy atom. The van der Waals surface area contributed by atoms with Gasteiger partial charge in [-0.05, 0) is 37.1 Å². The smallest absolute Gasteiger partial charge is 0.223 e. The zero-order valence-electron chi connectivity index (χ0n) is 19.8. The van der Waals surface area contributed by atoms with Crippen LogP contribution in [0.2, 0.25) is 0 Å². The van der Waals surface area contributed by atoms with E-state index >= 15 is 0 Å². The average molecular weight is 478 g/mol. The molecule has 11 nitrogen and oxygen atoms in total. The van der Waals surface area contributed by atoms with Crippen LogP contribution in [0.15, 0.2) is 36.5 Å². The average Bonchev–Trinajstić information content (AvgIpc) is 3.51. The van der Waals surface area contributed by atoms with Crippen LogP contribution in [0.3, 0.4) is 0 Å². The molecule has 5 rings (SSSR count). The summed E-state index contributed by atoms with van der Waals surface area (Å²) in [7, 11) is 0. The molecular weight excluding hydrogens is 446 g/mol. The molecule has 0 unspecified atom stereocenters. The molecule has 1 N–H and O–H groups in total. The van der Waals surface area contributed by atoms with Gasteiger partial charge in [0, 0.05) is 71.3 Å². The quantitative estimate of drug-likeness (QED) is 0.458. The van der Waals surface area contributed by atoms with E-state index in [1.165, 1.54) is 0 Å². The molecule has 2 fully saturated rings. The Kier molecular flexibility index (Phi) is 7.01. The Bertz CT molecular complexity index is 1160. The van der Waals surface area contributed by atoms with Crippen molar-refractivity contribution in [1.82, 2.24) is 34.6 Å². The summed E-state index contributed by atoms with van der Waals surface area (Å²) in [5, 5.41) is 16.4. The second kappa shape index (κ2) is 10.7. The SMILES string of the molecule is O=C1CCCN1CCCNc1ccc2nnc(CCC(=O)N3CCN(c4ccccn4)CC3)n2n1. The summed E-state index contributed by atoms with van der Waals surface area (Å²) >= 11 is 0. The first-order chi connectivity index (χ1) is 17.2. The molecule has 0 saturated carbocycles. The molecule has 3 aromatic heterocycles. The largest absolute Gasteiger partial charge is 0.369 e. The Balaban J connectivity index is 1.10. The van der Waals surface area contributed by atoms with E-state index in [2.05, 4.69) is 30.5 Å². The number of fused-ring (bicyclic) bond motifs is 1. The van der Waals surface area contributed by atoms with Gasteiger partial charge in [-0.1, -0.05) is 6.07 Å². The van der Waals surface area contributed by atoms with Crippen LogP contribution in [-0.2, 0) is 16.0 Å². The van der Waals surface area contributed by atoms with Crippen molar-refractivity contribution in [1.29, 1.82) is 0 Å². The number of aromatic nitrogens is 5. The van der Waals surface area contributed by atoms with Gasteiger partial charge >= 0.3 is 0 Å². The number of anilines is 2. The topological polar surface area (TPSA) is 112 Å². The summed E-state index contributed by atoms with van der Waals surface area (Å²) in [5.74, 6) is 2.72. The minimum absolute atomic E-state index is 0.119. The van der Waals surface area contributed by atoms with Crippen LogP contribution in [0.1, 0.15) is 31.5 Å². The van der Waals surface area contributed by atoms with Crippen molar-refractivity contribution in [3.05, 3.63) is 42.4 Å². The molecule has 2 aliphatic rings. The second-order valence-electron chi connectivity index (χ2n) is 8.93. The van der Waals surface area contributed by atoms with Gasteiger partial charge in [0.05, 0.1) is 0 Å². The summed E-state index contributed by atoms with van der Waals surface area (Å²) in [5.41, 5.74) is 0.657. The van der Waals surface area contributed by atoms with E-state index < -0.39 is 0 Å². The van der Waals surface area contributed by atoms with Gasteiger partial charge in [0.25, 0.3) is 0 Å². The molecule has 0 aliphatic carbocycles. The molecule has 5 heterocycles. The van der Waals surface area contributed by atoms with Gasteiger partial charge < -0.3 is 20.0 Å². The van der Waals surface area contributed by atoms with Gasteiger partial charge in [-0.2, -0.15) is 4.52 Å². The molecular formula is C24H31N9O2. The number of pyridine rings is 1. The molecule has 2 aliphatic heterocycles. The summed E-state index contributed by atoms with van der Waals surface area (Å²) in [4.78, 5) is 35.0. The van der Waals surface area contributed by atoms with Crippen molar-refractivity contribution >= 4 is 29.1 Å². The fourth-order valence-corrected chi connectivity index (χ4v) is 4.61. The van der Waals surface area contributed by atoms with Crippen LogP contribution >= 0.6 is 0 Å². The fourth-order valence-electron chi connectivity index (χ4n) is 4.61. The lowest BCUT2D eigenvalue weighted by Crippen LogP contribution is -2.49. The third-order valence-electron chi connectivity index (χ3n) is 6.58. The normalized spacial score (nSPS) is 16.3. The summed E-state index contributed by atoms with van der Waals surface area (Å²) < 4.78 is 1.71. The monoisotopic (exact) mass is 477 g/mol. The molecule has 2 amide bonds. The number of likely N-dealkylation sites (tertiary alicyclic amines) is 1. The van der Waals surface area contributed by atoms with Crippen molar-refractivity contribution in [2.45, 2.75) is 32.1 Å². The van der Waals surface area contributed by atoms with E-state index in [1.54, 1.807) is 10.7 Å². The van der Waals surface area contributed by atoms with E-state index in [0.29, 0.717) is 43.8 Å². The van der Waals surface area contributed by atoms with Gasteiger partial charge in [0.2, 0.25) is 11.8 Å². The van der Waals surface area contributed by atoms with Crippen LogP contribution < -0.4 is 10.2 Å². The van der Waals surface area contributed by atoms with Crippen LogP contribution in [0.25, 0.3) is 5.65 Å². The van der Waals surface area contributed by atoms with Crippen LogP contribution in [0.5, 0.6) is 0 Å². The molecule has 35 heavy (non-hydrogen) atoms. The predicted molar refractivity (Wildman–Crippen MR) is 131 cm³/mol. The molecule has 0 bridgehead atoms. The highest BCUT2D eigenvalue weighted by molar-refractivity contribution is 5.78.